The van der Waals surface area contributed by atoms with Gasteiger partial charge in [0, 0.05) is 7.05 Å². The van der Waals surface area contributed by atoms with Crippen molar-refractivity contribution >= 4 is 12.7 Å². The van der Waals surface area contributed by atoms with Crippen LogP contribution >= 0.6 is 0 Å². The van der Waals surface area contributed by atoms with Gasteiger partial charge in [-0.25, -0.2) is 4.99 Å². The second-order valence-electron chi connectivity index (χ2n) is 1.08. The van der Waals surface area contributed by atoms with E-state index in [1.54, 1.807) is 7.05 Å². The highest BCUT2D eigenvalue weighted by atomic mass is 16.5. The number of hydrogen-bond acceptors (Lipinski definition) is 2. The maximum atomic E-state index is 4.75. The predicted octanol–water partition coefficient (Wildman–Crippen LogP) is 0.709. The van der Waals surface area contributed by atoms with Gasteiger partial charge in [-0.2, -0.15) is 0 Å². The quantitative estimate of drug-likeness (QED) is 0.393. The zero-order chi connectivity index (χ0) is 6.24. The summed E-state index contributed by atoms with van der Waals surface area (Å²) in [5, 5.41) is 0. The van der Waals surface area contributed by atoms with Crippen LogP contribution in [-0.4, -0.2) is 26.4 Å². The molecule has 0 aliphatic carbocycles. The molecule has 3 heteroatoms. The molecule has 0 aromatic carbocycles. The molecule has 0 saturated carbocycles. The lowest BCUT2D eigenvalue weighted by atomic mass is 10.9. The summed E-state index contributed by atoms with van der Waals surface area (Å²) in [6, 6.07) is 0. The maximum absolute atomic E-state index is 4.75. The van der Waals surface area contributed by atoms with Gasteiger partial charge in [-0.05, 0) is 6.92 Å². The SMILES string of the molecule is CCOC=NC=NC. The number of rotatable bonds is 3. The van der Waals surface area contributed by atoms with Crippen LogP contribution in [0.3, 0.4) is 0 Å². The molecule has 0 aromatic heterocycles. The fourth-order valence-corrected chi connectivity index (χ4v) is 0.211. The summed E-state index contributed by atoms with van der Waals surface area (Å²) in [6.07, 6.45) is 2.79. The van der Waals surface area contributed by atoms with Crippen LogP contribution in [0.5, 0.6) is 0 Å². The first-order chi connectivity index (χ1) is 3.91. The molecule has 46 valence electrons. The lowest BCUT2D eigenvalue weighted by Gasteiger charge is -1.86. The monoisotopic (exact) mass is 114 g/mol. The predicted molar refractivity (Wildman–Crippen MR) is 34.5 cm³/mol. The smallest absolute Gasteiger partial charge is 0.175 e. The van der Waals surface area contributed by atoms with Crippen LogP contribution in [0, 0.1) is 0 Å². The van der Waals surface area contributed by atoms with Crippen molar-refractivity contribution in [2.24, 2.45) is 9.98 Å². The van der Waals surface area contributed by atoms with Crippen molar-refractivity contribution in [2.45, 2.75) is 6.92 Å². The van der Waals surface area contributed by atoms with Gasteiger partial charge >= 0.3 is 0 Å². The molecule has 8 heavy (non-hydrogen) atoms. The Balaban J connectivity index is 3.07. The lowest BCUT2D eigenvalue weighted by Crippen LogP contribution is -1.83. The Hall–Kier alpha value is -0.860. The summed E-state index contributed by atoms with van der Waals surface area (Å²) in [7, 11) is 1.66. The van der Waals surface area contributed by atoms with Crippen molar-refractivity contribution in [3.8, 4) is 0 Å². The standard InChI is InChI=1S/C5H10N2O/c1-3-8-5-7-4-6-2/h4-5H,3H2,1-2H3. The summed E-state index contributed by atoms with van der Waals surface area (Å²) in [5.41, 5.74) is 0. The molecular formula is C5H10N2O. The molecule has 0 N–H and O–H groups in total. The third-order valence-electron chi connectivity index (χ3n) is 0.484. The molecule has 0 spiro atoms. The fourth-order valence-electron chi connectivity index (χ4n) is 0.211. The van der Waals surface area contributed by atoms with E-state index in [4.69, 9.17) is 4.74 Å². The van der Waals surface area contributed by atoms with E-state index >= 15 is 0 Å². The molecule has 0 heterocycles. The van der Waals surface area contributed by atoms with Gasteiger partial charge in [-0.15, -0.1) is 0 Å². The molecule has 0 atom stereocenters. The molecule has 0 bridgehead atoms. The van der Waals surface area contributed by atoms with Crippen molar-refractivity contribution < 1.29 is 4.74 Å². The van der Waals surface area contributed by atoms with E-state index in [2.05, 4.69) is 9.98 Å². The van der Waals surface area contributed by atoms with Crippen LogP contribution in [-0.2, 0) is 4.74 Å². The minimum Gasteiger partial charge on any atom is -0.483 e. The summed E-state index contributed by atoms with van der Waals surface area (Å²) in [6.45, 7) is 2.55. The molecule has 0 aliphatic rings. The Morgan fingerprint density at radius 1 is 1.62 bits per heavy atom. The van der Waals surface area contributed by atoms with E-state index in [1.165, 1.54) is 12.7 Å². The molecule has 0 amide bonds. The normalized spacial score (nSPS) is 11.2. The average Bonchev–Trinajstić information content (AvgIpc) is 1.81. The van der Waals surface area contributed by atoms with Gasteiger partial charge in [0.25, 0.3) is 0 Å². The molecule has 0 radical (unpaired) electrons. The number of hydrogen-bond donors (Lipinski definition) is 0. The first kappa shape index (κ1) is 7.14. The van der Waals surface area contributed by atoms with Gasteiger partial charge in [-0.1, -0.05) is 0 Å². The second kappa shape index (κ2) is 6.14. The van der Waals surface area contributed by atoms with E-state index in [9.17, 15) is 0 Å². The summed E-state index contributed by atoms with van der Waals surface area (Å²) in [4.78, 5) is 7.25. The van der Waals surface area contributed by atoms with Crippen molar-refractivity contribution in [1.29, 1.82) is 0 Å². The van der Waals surface area contributed by atoms with Gasteiger partial charge < -0.3 is 4.74 Å². The van der Waals surface area contributed by atoms with Crippen LogP contribution in [0.2, 0.25) is 0 Å². The molecule has 3 nitrogen and oxygen atoms in total. The first-order valence-corrected chi connectivity index (χ1v) is 2.45. The first-order valence-electron chi connectivity index (χ1n) is 2.45. The Kier molecular flexibility index (Phi) is 5.48. The van der Waals surface area contributed by atoms with E-state index in [1.807, 2.05) is 6.92 Å². The molecule has 0 unspecified atom stereocenters. The van der Waals surface area contributed by atoms with Crippen LogP contribution in [0.15, 0.2) is 9.98 Å². The van der Waals surface area contributed by atoms with Gasteiger partial charge in [0.2, 0.25) is 0 Å². The van der Waals surface area contributed by atoms with Crippen LogP contribution in [0.4, 0.5) is 0 Å². The average molecular weight is 114 g/mol. The number of aliphatic imine (C=N–C) groups is 2. The molecular weight excluding hydrogens is 104 g/mol. The number of nitrogens with zero attached hydrogens (tertiary/aromatic N) is 2. The van der Waals surface area contributed by atoms with E-state index in [0.29, 0.717) is 6.61 Å². The highest BCUT2D eigenvalue weighted by Gasteiger charge is 1.64. The van der Waals surface area contributed by atoms with Gasteiger partial charge in [0.1, 0.15) is 6.34 Å². The Labute approximate surface area is 49.1 Å². The van der Waals surface area contributed by atoms with Crippen molar-refractivity contribution in [2.75, 3.05) is 13.7 Å². The Morgan fingerprint density at radius 3 is 2.88 bits per heavy atom. The summed E-state index contributed by atoms with van der Waals surface area (Å²) in [5.74, 6) is 0. The minimum atomic E-state index is 0.654. The zero-order valence-electron chi connectivity index (χ0n) is 5.16. The lowest BCUT2D eigenvalue weighted by molar-refractivity contribution is 0.344. The fraction of sp³-hybridized carbons (Fsp3) is 0.600. The van der Waals surface area contributed by atoms with Gasteiger partial charge in [0.05, 0.1) is 6.61 Å². The third kappa shape index (κ3) is 5.14. The van der Waals surface area contributed by atoms with Gasteiger partial charge in [-0.3, -0.25) is 4.99 Å². The molecule has 0 rings (SSSR count). The van der Waals surface area contributed by atoms with E-state index < -0.39 is 0 Å². The minimum absolute atomic E-state index is 0.654. The number of ether oxygens (including phenoxy) is 1. The van der Waals surface area contributed by atoms with E-state index in [0.717, 1.165) is 0 Å². The molecule has 0 fully saturated rings. The van der Waals surface area contributed by atoms with Crippen LogP contribution < -0.4 is 0 Å². The van der Waals surface area contributed by atoms with Crippen LogP contribution in [0.1, 0.15) is 6.92 Å². The van der Waals surface area contributed by atoms with Crippen molar-refractivity contribution in [3.05, 3.63) is 0 Å². The second-order valence-corrected chi connectivity index (χ2v) is 1.08. The van der Waals surface area contributed by atoms with Crippen LogP contribution in [0.25, 0.3) is 0 Å². The zero-order valence-corrected chi connectivity index (χ0v) is 5.16. The van der Waals surface area contributed by atoms with E-state index in [-0.39, 0.29) is 0 Å². The highest BCUT2D eigenvalue weighted by Crippen LogP contribution is 1.63. The highest BCUT2D eigenvalue weighted by molar-refractivity contribution is 5.67. The largest absolute Gasteiger partial charge is 0.483 e. The summed E-state index contributed by atoms with van der Waals surface area (Å²) >= 11 is 0. The Morgan fingerprint density at radius 2 is 2.38 bits per heavy atom. The van der Waals surface area contributed by atoms with Crippen molar-refractivity contribution in [3.63, 3.8) is 0 Å². The van der Waals surface area contributed by atoms with Crippen molar-refractivity contribution in [1.82, 2.24) is 0 Å². The molecule has 0 aliphatic heterocycles. The third-order valence-corrected chi connectivity index (χ3v) is 0.484. The molecule has 0 aromatic rings. The topological polar surface area (TPSA) is 34.0 Å². The van der Waals surface area contributed by atoms with Gasteiger partial charge in [0.15, 0.2) is 6.40 Å². The summed E-state index contributed by atoms with van der Waals surface area (Å²) < 4.78 is 4.75. The Bertz CT molecular complexity index is 88.4. The molecule has 0 saturated heterocycles. The maximum Gasteiger partial charge on any atom is 0.175 e.